The predicted molar refractivity (Wildman–Crippen MR) is 61.9 cm³/mol. The topological polar surface area (TPSA) is 21.3 Å². The van der Waals surface area contributed by atoms with Gasteiger partial charge in [-0.05, 0) is 26.5 Å². The van der Waals surface area contributed by atoms with Crippen LogP contribution in [-0.4, -0.2) is 20.2 Å². The van der Waals surface area contributed by atoms with Crippen molar-refractivity contribution in [2.45, 2.75) is 19.4 Å². The number of rotatable bonds is 3. The number of hydrogen-bond donors (Lipinski definition) is 1. The molecule has 0 amide bonds. The van der Waals surface area contributed by atoms with E-state index in [1.54, 1.807) is 6.07 Å². The first-order valence-corrected chi connectivity index (χ1v) is 5.74. The normalized spacial score (nSPS) is 24.9. The second-order valence-corrected chi connectivity index (χ2v) is 4.42. The summed E-state index contributed by atoms with van der Waals surface area (Å²) in [5.41, 5.74) is 1.79. The molecule has 1 heterocycles. The van der Waals surface area contributed by atoms with Crippen LogP contribution in [0.5, 0.6) is 0 Å². The van der Waals surface area contributed by atoms with Crippen LogP contribution in [0.25, 0.3) is 0 Å². The summed E-state index contributed by atoms with van der Waals surface area (Å²) in [5.74, 6) is 0.222. The first-order valence-electron chi connectivity index (χ1n) is 5.74. The highest BCUT2D eigenvalue weighted by Crippen LogP contribution is 2.35. The zero-order valence-electron chi connectivity index (χ0n) is 9.79. The van der Waals surface area contributed by atoms with Crippen molar-refractivity contribution in [3.8, 4) is 0 Å². The molecule has 1 N–H and O–H groups in total. The van der Waals surface area contributed by atoms with Crippen LogP contribution in [-0.2, 0) is 4.74 Å². The quantitative estimate of drug-likeness (QED) is 0.849. The summed E-state index contributed by atoms with van der Waals surface area (Å²) in [5, 5.41) is 3.14. The van der Waals surface area contributed by atoms with Crippen LogP contribution in [0.4, 0.5) is 4.39 Å². The number of benzene rings is 1. The van der Waals surface area contributed by atoms with Gasteiger partial charge >= 0.3 is 0 Å². The lowest BCUT2D eigenvalue weighted by Gasteiger charge is -2.19. The van der Waals surface area contributed by atoms with Gasteiger partial charge in [-0.25, -0.2) is 4.39 Å². The van der Waals surface area contributed by atoms with Gasteiger partial charge in [0.05, 0.1) is 6.10 Å². The van der Waals surface area contributed by atoms with E-state index in [9.17, 15) is 4.39 Å². The fourth-order valence-electron chi connectivity index (χ4n) is 2.33. The molecule has 0 aromatic heterocycles. The van der Waals surface area contributed by atoms with Gasteiger partial charge in [-0.15, -0.1) is 0 Å². The predicted octanol–water partition coefficient (Wildman–Crippen LogP) is 2.43. The Balaban J connectivity index is 2.25. The van der Waals surface area contributed by atoms with E-state index in [0.29, 0.717) is 11.5 Å². The minimum absolute atomic E-state index is 0.0904. The van der Waals surface area contributed by atoms with E-state index in [0.717, 1.165) is 25.1 Å². The summed E-state index contributed by atoms with van der Waals surface area (Å²) in [6, 6.07) is 5.22. The zero-order valence-corrected chi connectivity index (χ0v) is 9.79. The van der Waals surface area contributed by atoms with E-state index in [1.807, 2.05) is 20.0 Å². The van der Waals surface area contributed by atoms with Gasteiger partial charge in [0.2, 0.25) is 0 Å². The third-order valence-electron chi connectivity index (χ3n) is 3.14. The maximum Gasteiger partial charge on any atom is 0.129 e. The van der Waals surface area contributed by atoms with E-state index in [1.165, 1.54) is 6.07 Å². The highest BCUT2D eigenvalue weighted by molar-refractivity contribution is 5.27. The molecule has 0 bridgehead atoms. The van der Waals surface area contributed by atoms with Crippen molar-refractivity contribution in [2.24, 2.45) is 5.92 Å². The van der Waals surface area contributed by atoms with Crippen molar-refractivity contribution in [1.29, 1.82) is 0 Å². The lowest BCUT2D eigenvalue weighted by molar-refractivity contribution is 0.0879. The molecular formula is C13H18FNO. The van der Waals surface area contributed by atoms with Crippen molar-refractivity contribution >= 4 is 0 Å². The molecule has 0 saturated carbocycles. The molecule has 2 atom stereocenters. The van der Waals surface area contributed by atoms with Crippen LogP contribution in [0.1, 0.15) is 23.7 Å². The maximum atomic E-state index is 13.7. The molecule has 16 heavy (non-hydrogen) atoms. The Morgan fingerprint density at radius 3 is 3.06 bits per heavy atom. The third-order valence-corrected chi connectivity index (χ3v) is 3.14. The SMILES string of the molecule is CNCC1CCOC1c1cc(C)ccc1F. The molecule has 88 valence electrons. The van der Waals surface area contributed by atoms with Crippen molar-refractivity contribution in [2.75, 3.05) is 20.2 Å². The van der Waals surface area contributed by atoms with E-state index in [2.05, 4.69) is 5.32 Å². The summed E-state index contributed by atoms with van der Waals surface area (Å²) < 4.78 is 19.4. The number of halogens is 1. The van der Waals surface area contributed by atoms with Gasteiger partial charge in [0, 0.05) is 24.6 Å². The van der Waals surface area contributed by atoms with Crippen LogP contribution in [0.3, 0.4) is 0 Å². The molecule has 2 unspecified atom stereocenters. The molecule has 1 saturated heterocycles. The highest BCUT2D eigenvalue weighted by Gasteiger charge is 2.30. The Labute approximate surface area is 95.8 Å². The molecule has 3 heteroatoms. The van der Waals surface area contributed by atoms with Crippen LogP contribution >= 0.6 is 0 Å². The molecular weight excluding hydrogens is 205 g/mol. The molecule has 2 rings (SSSR count). The molecule has 1 fully saturated rings. The van der Waals surface area contributed by atoms with Gasteiger partial charge in [0.1, 0.15) is 5.82 Å². The average molecular weight is 223 g/mol. The van der Waals surface area contributed by atoms with Crippen LogP contribution in [0.15, 0.2) is 18.2 Å². The number of aryl methyl sites for hydroxylation is 1. The largest absolute Gasteiger partial charge is 0.373 e. The second kappa shape index (κ2) is 4.93. The first-order chi connectivity index (χ1) is 7.72. The Hall–Kier alpha value is -0.930. The highest BCUT2D eigenvalue weighted by atomic mass is 19.1. The van der Waals surface area contributed by atoms with E-state index < -0.39 is 0 Å². The zero-order chi connectivity index (χ0) is 11.5. The number of hydrogen-bond acceptors (Lipinski definition) is 2. The van der Waals surface area contributed by atoms with E-state index >= 15 is 0 Å². The third kappa shape index (κ3) is 2.25. The van der Waals surface area contributed by atoms with Crippen molar-refractivity contribution in [3.05, 3.63) is 35.1 Å². The van der Waals surface area contributed by atoms with Crippen molar-refractivity contribution in [1.82, 2.24) is 5.32 Å². The number of nitrogens with one attached hydrogen (secondary N) is 1. The Morgan fingerprint density at radius 1 is 1.50 bits per heavy atom. The molecule has 1 aliphatic rings. The molecule has 1 aliphatic heterocycles. The molecule has 2 nitrogen and oxygen atoms in total. The van der Waals surface area contributed by atoms with Gasteiger partial charge in [-0.2, -0.15) is 0 Å². The summed E-state index contributed by atoms with van der Waals surface area (Å²) in [6.45, 7) is 3.58. The first kappa shape index (κ1) is 11.6. The average Bonchev–Trinajstić information content (AvgIpc) is 2.70. The smallest absolute Gasteiger partial charge is 0.129 e. The number of ether oxygens (including phenoxy) is 1. The molecule has 1 aromatic carbocycles. The van der Waals surface area contributed by atoms with Gasteiger partial charge in [0.25, 0.3) is 0 Å². The summed E-state index contributed by atoms with van der Waals surface area (Å²) in [7, 11) is 1.92. The maximum absolute atomic E-state index is 13.7. The van der Waals surface area contributed by atoms with Crippen LogP contribution in [0, 0.1) is 18.7 Å². The molecule has 0 radical (unpaired) electrons. The van der Waals surface area contributed by atoms with Crippen LogP contribution in [0.2, 0.25) is 0 Å². The summed E-state index contributed by atoms with van der Waals surface area (Å²) >= 11 is 0. The summed E-state index contributed by atoms with van der Waals surface area (Å²) in [6.07, 6.45) is 0.908. The minimum atomic E-state index is -0.154. The van der Waals surface area contributed by atoms with Gasteiger partial charge in [-0.1, -0.05) is 17.7 Å². The van der Waals surface area contributed by atoms with E-state index in [4.69, 9.17) is 4.74 Å². The fraction of sp³-hybridized carbons (Fsp3) is 0.538. The molecule has 0 spiro atoms. The lowest BCUT2D eigenvalue weighted by Crippen LogP contribution is -2.22. The summed E-state index contributed by atoms with van der Waals surface area (Å²) in [4.78, 5) is 0. The molecule has 0 aliphatic carbocycles. The fourth-order valence-corrected chi connectivity index (χ4v) is 2.33. The van der Waals surface area contributed by atoms with Gasteiger partial charge in [0.15, 0.2) is 0 Å². The van der Waals surface area contributed by atoms with Crippen molar-refractivity contribution < 1.29 is 9.13 Å². The Bertz CT molecular complexity index is 367. The van der Waals surface area contributed by atoms with Gasteiger partial charge in [-0.3, -0.25) is 0 Å². The molecule has 1 aromatic rings. The monoisotopic (exact) mass is 223 g/mol. The Morgan fingerprint density at radius 2 is 2.31 bits per heavy atom. The second-order valence-electron chi connectivity index (χ2n) is 4.42. The van der Waals surface area contributed by atoms with Crippen molar-refractivity contribution in [3.63, 3.8) is 0 Å². The lowest BCUT2D eigenvalue weighted by atomic mass is 9.94. The standard InChI is InChI=1S/C13H18FNO/c1-9-3-4-12(14)11(7-9)13-10(8-15-2)5-6-16-13/h3-4,7,10,13,15H,5-6,8H2,1-2H3. The van der Waals surface area contributed by atoms with Gasteiger partial charge < -0.3 is 10.1 Å². The minimum Gasteiger partial charge on any atom is -0.373 e. The van der Waals surface area contributed by atoms with E-state index in [-0.39, 0.29) is 11.9 Å². The van der Waals surface area contributed by atoms with Crippen LogP contribution < -0.4 is 5.32 Å². The Kier molecular flexibility index (Phi) is 3.56.